The molecule has 2 unspecified atom stereocenters. The monoisotopic (exact) mass is 288 g/mol. The molecule has 1 fully saturated rings. The van der Waals surface area contributed by atoms with Gasteiger partial charge < -0.3 is 19.5 Å². The Morgan fingerprint density at radius 3 is 3.00 bits per heavy atom. The standard InChI is InChI=1S/C16H20N2O3/c1-11-8-18(9-14(10-19)21-11)16-15-7-13(20-2)4-3-12(15)5-6-17-16/h3-7,11,14,19H,8-10H2,1-2H3. The molecule has 0 spiro atoms. The lowest BCUT2D eigenvalue weighted by Gasteiger charge is -2.37. The van der Waals surface area contributed by atoms with Gasteiger partial charge in [-0.1, -0.05) is 6.07 Å². The van der Waals surface area contributed by atoms with Crippen LogP contribution in [0.2, 0.25) is 0 Å². The highest BCUT2D eigenvalue weighted by molar-refractivity contribution is 5.93. The smallest absolute Gasteiger partial charge is 0.136 e. The molecular weight excluding hydrogens is 268 g/mol. The van der Waals surface area contributed by atoms with Crippen LogP contribution in [0.5, 0.6) is 5.75 Å². The van der Waals surface area contributed by atoms with Crippen molar-refractivity contribution >= 4 is 16.6 Å². The summed E-state index contributed by atoms with van der Waals surface area (Å²) in [4.78, 5) is 6.72. The van der Waals surface area contributed by atoms with E-state index in [1.807, 2.05) is 37.4 Å². The number of methoxy groups -OCH3 is 1. The molecule has 2 atom stereocenters. The van der Waals surface area contributed by atoms with E-state index in [1.54, 1.807) is 7.11 Å². The molecule has 1 N–H and O–H groups in total. The summed E-state index contributed by atoms with van der Waals surface area (Å²) < 4.78 is 11.0. The summed E-state index contributed by atoms with van der Waals surface area (Å²) in [6, 6.07) is 7.98. The SMILES string of the molecule is COc1ccc2ccnc(N3CC(C)OC(CO)C3)c2c1. The number of benzene rings is 1. The normalized spacial score (nSPS) is 22.5. The second kappa shape index (κ2) is 5.87. The van der Waals surface area contributed by atoms with Crippen molar-refractivity contribution in [3.63, 3.8) is 0 Å². The third-order valence-corrected chi connectivity index (χ3v) is 3.78. The fraction of sp³-hybridized carbons (Fsp3) is 0.438. The van der Waals surface area contributed by atoms with E-state index >= 15 is 0 Å². The van der Waals surface area contributed by atoms with Crippen molar-refractivity contribution < 1.29 is 14.6 Å². The highest BCUT2D eigenvalue weighted by Crippen LogP contribution is 2.29. The van der Waals surface area contributed by atoms with Crippen molar-refractivity contribution in [2.24, 2.45) is 0 Å². The average Bonchev–Trinajstić information content (AvgIpc) is 2.53. The number of pyridine rings is 1. The number of ether oxygens (including phenoxy) is 2. The Morgan fingerprint density at radius 1 is 1.38 bits per heavy atom. The number of anilines is 1. The van der Waals surface area contributed by atoms with Gasteiger partial charge in [0.05, 0.1) is 25.9 Å². The topological polar surface area (TPSA) is 54.8 Å². The molecule has 0 aliphatic carbocycles. The Balaban J connectivity index is 2.02. The fourth-order valence-electron chi connectivity index (χ4n) is 2.83. The lowest BCUT2D eigenvalue weighted by Crippen LogP contribution is -2.48. The number of nitrogens with zero attached hydrogens (tertiary/aromatic N) is 2. The van der Waals surface area contributed by atoms with Gasteiger partial charge in [-0.25, -0.2) is 4.98 Å². The second-order valence-corrected chi connectivity index (χ2v) is 5.38. The molecule has 5 nitrogen and oxygen atoms in total. The Morgan fingerprint density at radius 2 is 2.24 bits per heavy atom. The fourth-order valence-corrected chi connectivity index (χ4v) is 2.83. The number of morpholine rings is 1. The highest BCUT2D eigenvalue weighted by Gasteiger charge is 2.26. The Bertz CT molecular complexity index is 632. The van der Waals surface area contributed by atoms with Crippen molar-refractivity contribution in [3.05, 3.63) is 30.5 Å². The first-order chi connectivity index (χ1) is 10.2. The summed E-state index contributed by atoms with van der Waals surface area (Å²) in [6.07, 6.45) is 1.72. The van der Waals surface area contributed by atoms with Gasteiger partial charge in [-0.15, -0.1) is 0 Å². The summed E-state index contributed by atoms with van der Waals surface area (Å²) in [5.74, 6) is 1.73. The zero-order valence-corrected chi connectivity index (χ0v) is 12.3. The molecule has 21 heavy (non-hydrogen) atoms. The van der Waals surface area contributed by atoms with Crippen molar-refractivity contribution in [3.8, 4) is 5.75 Å². The zero-order chi connectivity index (χ0) is 14.8. The predicted octanol–water partition coefficient (Wildman–Crippen LogP) is 1.83. The molecule has 0 saturated carbocycles. The van der Waals surface area contributed by atoms with Gasteiger partial charge >= 0.3 is 0 Å². The van der Waals surface area contributed by atoms with Crippen LogP contribution in [-0.4, -0.2) is 49.1 Å². The van der Waals surface area contributed by atoms with E-state index in [2.05, 4.69) is 9.88 Å². The van der Waals surface area contributed by atoms with Gasteiger partial charge in [0.1, 0.15) is 11.6 Å². The summed E-state index contributed by atoms with van der Waals surface area (Å²) in [5.41, 5.74) is 0. The van der Waals surface area contributed by atoms with E-state index < -0.39 is 0 Å². The molecule has 1 aromatic heterocycles. The lowest BCUT2D eigenvalue weighted by molar-refractivity contribution is -0.0422. The molecule has 5 heteroatoms. The first-order valence-corrected chi connectivity index (χ1v) is 7.15. The quantitative estimate of drug-likeness (QED) is 0.934. The van der Waals surface area contributed by atoms with E-state index in [9.17, 15) is 5.11 Å². The predicted molar refractivity (Wildman–Crippen MR) is 81.9 cm³/mol. The lowest BCUT2D eigenvalue weighted by atomic mass is 10.1. The molecule has 2 aromatic rings. The van der Waals surface area contributed by atoms with Gasteiger partial charge in [0.25, 0.3) is 0 Å². The Labute approximate surface area is 124 Å². The molecule has 0 amide bonds. The maximum Gasteiger partial charge on any atom is 0.136 e. The molecular formula is C16H20N2O3. The number of hydrogen-bond donors (Lipinski definition) is 1. The van der Waals surface area contributed by atoms with Crippen LogP contribution >= 0.6 is 0 Å². The molecule has 1 aliphatic rings. The summed E-state index contributed by atoms with van der Waals surface area (Å²) >= 11 is 0. The first kappa shape index (κ1) is 14.1. The van der Waals surface area contributed by atoms with E-state index in [0.29, 0.717) is 6.54 Å². The number of rotatable bonds is 3. The van der Waals surface area contributed by atoms with Crippen LogP contribution in [0.15, 0.2) is 30.5 Å². The molecule has 0 radical (unpaired) electrons. The molecule has 112 valence electrons. The largest absolute Gasteiger partial charge is 0.497 e. The minimum absolute atomic E-state index is 0.0227. The van der Waals surface area contributed by atoms with Crippen molar-refractivity contribution in [2.75, 3.05) is 31.7 Å². The number of aliphatic hydroxyl groups is 1. The second-order valence-electron chi connectivity index (χ2n) is 5.38. The van der Waals surface area contributed by atoms with Crippen molar-refractivity contribution in [1.82, 2.24) is 4.98 Å². The van der Waals surface area contributed by atoms with Crippen molar-refractivity contribution in [2.45, 2.75) is 19.1 Å². The van der Waals surface area contributed by atoms with Gasteiger partial charge in [-0.2, -0.15) is 0 Å². The van der Waals surface area contributed by atoms with Crippen LogP contribution < -0.4 is 9.64 Å². The first-order valence-electron chi connectivity index (χ1n) is 7.15. The van der Waals surface area contributed by atoms with Gasteiger partial charge in [0.15, 0.2) is 0 Å². The molecule has 2 heterocycles. The summed E-state index contributed by atoms with van der Waals surface area (Å²) in [7, 11) is 1.66. The van der Waals surface area contributed by atoms with Crippen LogP contribution in [0, 0.1) is 0 Å². The van der Waals surface area contributed by atoms with Crippen LogP contribution in [0.25, 0.3) is 10.8 Å². The third-order valence-electron chi connectivity index (χ3n) is 3.78. The van der Waals surface area contributed by atoms with Crippen LogP contribution in [0.1, 0.15) is 6.92 Å². The van der Waals surface area contributed by atoms with Crippen LogP contribution in [-0.2, 0) is 4.74 Å². The minimum Gasteiger partial charge on any atom is -0.497 e. The molecule has 1 saturated heterocycles. The molecule has 3 rings (SSSR count). The number of fused-ring (bicyclic) bond motifs is 1. The number of aliphatic hydroxyl groups excluding tert-OH is 1. The zero-order valence-electron chi connectivity index (χ0n) is 12.3. The third kappa shape index (κ3) is 2.80. The molecule has 1 aliphatic heterocycles. The molecule has 0 bridgehead atoms. The van der Waals surface area contributed by atoms with Gasteiger partial charge in [-0.3, -0.25) is 0 Å². The van der Waals surface area contributed by atoms with E-state index in [0.717, 1.165) is 28.9 Å². The average molecular weight is 288 g/mol. The van der Waals surface area contributed by atoms with Gasteiger partial charge in [0.2, 0.25) is 0 Å². The van der Waals surface area contributed by atoms with E-state index in [4.69, 9.17) is 9.47 Å². The van der Waals surface area contributed by atoms with E-state index in [-0.39, 0.29) is 18.8 Å². The maximum absolute atomic E-state index is 9.38. The van der Waals surface area contributed by atoms with Crippen molar-refractivity contribution in [1.29, 1.82) is 0 Å². The number of hydrogen-bond acceptors (Lipinski definition) is 5. The highest BCUT2D eigenvalue weighted by atomic mass is 16.5. The summed E-state index contributed by atoms with van der Waals surface area (Å²) in [5, 5.41) is 11.6. The number of aromatic nitrogens is 1. The van der Waals surface area contributed by atoms with Gasteiger partial charge in [0, 0.05) is 24.7 Å². The minimum atomic E-state index is -0.170. The van der Waals surface area contributed by atoms with Gasteiger partial charge in [-0.05, 0) is 30.5 Å². The Kier molecular flexibility index (Phi) is 3.94. The summed E-state index contributed by atoms with van der Waals surface area (Å²) in [6.45, 7) is 3.44. The molecule has 1 aromatic carbocycles. The van der Waals surface area contributed by atoms with Crippen LogP contribution in [0.3, 0.4) is 0 Å². The Hall–Kier alpha value is -1.85. The van der Waals surface area contributed by atoms with Crippen LogP contribution in [0.4, 0.5) is 5.82 Å². The maximum atomic E-state index is 9.38. The van der Waals surface area contributed by atoms with E-state index in [1.165, 1.54) is 0 Å².